The number of carbonyl (C=O) groups excluding carboxylic acids is 6. The summed E-state index contributed by atoms with van der Waals surface area (Å²) in [6.45, 7) is 5.21. The van der Waals surface area contributed by atoms with Crippen LogP contribution in [0.5, 0.6) is 11.5 Å². The molecule has 0 aliphatic heterocycles. The number of esters is 6. The Morgan fingerprint density at radius 3 is 1.07 bits per heavy atom. The van der Waals surface area contributed by atoms with Crippen molar-refractivity contribution < 1.29 is 66.7 Å². The maximum atomic E-state index is 13.1. The van der Waals surface area contributed by atoms with Gasteiger partial charge in [0, 0.05) is 0 Å². The molecule has 0 radical (unpaired) electrons. The number of hydrogen-bond acceptors (Lipinski definition) is 14. The molecule has 0 bridgehead atoms. The molecule has 0 aromatic heterocycles. The molecule has 0 fully saturated rings. The molecule has 14 nitrogen and oxygen atoms in total. The highest BCUT2D eigenvalue weighted by Gasteiger charge is 2.35. The molecular weight excluding hydrogens is 873 g/mol. The van der Waals surface area contributed by atoms with Crippen LogP contribution in [0.25, 0.3) is 32.3 Å². The number of ether oxygens (including phenoxy) is 8. The van der Waals surface area contributed by atoms with E-state index >= 15 is 0 Å². The molecular formula is C54H56O14. The van der Waals surface area contributed by atoms with Crippen molar-refractivity contribution in [3.8, 4) is 11.5 Å². The Labute approximate surface area is 394 Å². The number of benzene rings is 6. The largest absolute Gasteiger partial charge is 0.497 e. The van der Waals surface area contributed by atoms with Crippen molar-refractivity contribution in [1.82, 2.24) is 0 Å². The van der Waals surface area contributed by atoms with E-state index < -0.39 is 98.6 Å². The van der Waals surface area contributed by atoms with Crippen molar-refractivity contribution in [2.75, 3.05) is 53.9 Å². The average Bonchev–Trinajstić information content (AvgIpc) is 3.36. The van der Waals surface area contributed by atoms with Gasteiger partial charge in [-0.05, 0) is 107 Å². The van der Waals surface area contributed by atoms with Crippen molar-refractivity contribution in [3.05, 3.63) is 131 Å². The minimum atomic E-state index is -1.32. The monoisotopic (exact) mass is 928 g/mol. The van der Waals surface area contributed by atoms with Gasteiger partial charge < -0.3 is 37.9 Å². The standard InChI is InChI=1S/C54H56O14/c1-8-54(30-66-48(55)27-63-51(58)34(3)37-11-14-40-21-33(2)9-10-41(40)22-37,31-67-49(56)28-64-52(59)35(4)38-12-15-44-25-46(61-6)19-17-42(44)23-38)32-68-50(57)29-65-53(60)36(5)39-13-16-45-26-47(62-7)20-18-43(45)24-39/h9-26,34-36H,8,27-32H2,1-7H3/t34-,35-,36+,54?/m1/s1. The maximum Gasteiger partial charge on any atom is 0.344 e. The first-order valence-electron chi connectivity index (χ1n) is 22.2. The van der Waals surface area contributed by atoms with Gasteiger partial charge in [-0.1, -0.05) is 97.4 Å². The molecule has 0 heterocycles. The molecule has 1 unspecified atom stereocenters. The second-order valence-electron chi connectivity index (χ2n) is 16.9. The van der Waals surface area contributed by atoms with Crippen LogP contribution in [0.1, 0.15) is 74.1 Å². The number of carbonyl (C=O) groups is 6. The number of aryl methyl sites for hydroxylation is 1. The van der Waals surface area contributed by atoms with Crippen molar-refractivity contribution in [2.24, 2.45) is 5.41 Å². The normalized spacial score (nSPS) is 13.3. The fourth-order valence-corrected chi connectivity index (χ4v) is 7.36. The number of fused-ring (bicyclic) bond motifs is 3. The first-order valence-corrected chi connectivity index (χ1v) is 22.2. The van der Waals surface area contributed by atoms with Gasteiger partial charge in [-0.15, -0.1) is 0 Å². The zero-order chi connectivity index (χ0) is 49.0. The molecule has 0 spiro atoms. The lowest BCUT2D eigenvalue weighted by molar-refractivity contribution is -0.173. The molecule has 0 aliphatic rings. The van der Waals surface area contributed by atoms with Gasteiger partial charge >= 0.3 is 35.8 Å². The lowest BCUT2D eigenvalue weighted by Crippen LogP contribution is -2.40. The Morgan fingerprint density at radius 2 is 0.735 bits per heavy atom. The second kappa shape index (κ2) is 22.8. The summed E-state index contributed by atoms with van der Waals surface area (Å²) in [5.41, 5.74) is 1.84. The topological polar surface area (TPSA) is 176 Å². The van der Waals surface area contributed by atoms with E-state index in [1.807, 2.05) is 104 Å². The molecule has 6 aromatic carbocycles. The molecule has 0 amide bonds. The van der Waals surface area contributed by atoms with E-state index in [-0.39, 0.29) is 6.42 Å². The van der Waals surface area contributed by atoms with Gasteiger partial charge in [0.15, 0.2) is 19.8 Å². The van der Waals surface area contributed by atoms with E-state index in [2.05, 4.69) is 0 Å². The molecule has 14 heteroatoms. The quantitative estimate of drug-likeness (QED) is 0.0494. The van der Waals surface area contributed by atoms with Gasteiger partial charge in [0.05, 0.1) is 37.4 Å². The number of methoxy groups -OCH3 is 2. The minimum absolute atomic E-state index is 0.147. The Hall–Kier alpha value is -7.48. The first-order chi connectivity index (χ1) is 32.6. The predicted octanol–water partition coefficient (Wildman–Crippen LogP) is 8.84. The van der Waals surface area contributed by atoms with E-state index in [1.54, 1.807) is 54.0 Å². The predicted molar refractivity (Wildman–Crippen MR) is 253 cm³/mol. The molecule has 356 valence electrons. The minimum Gasteiger partial charge on any atom is -0.497 e. The summed E-state index contributed by atoms with van der Waals surface area (Å²) in [7, 11) is 3.16. The summed E-state index contributed by atoms with van der Waals surface area (Å²) >= 11 is 0. The van der Waals surface area contributed by atoms with E-state index in [1.165, 1.54) is 0 Å². The Kier molecular flexibility index (Phi) is 16.8. The van der Waals surface area contributed by atoms with E-state index in [0.717, 1.165) is 37.9 Å². The highest BCUT2D eigenvalue weighted by molar-refractivity contribution is 5.89. The fourth-order valence-electron chi connectivity index (χ4n) is 7.36. The SMILES string of the molecule is CCC(COC(=O)COC(=O)[C@@H](C)c1ccc2cc(OC)ccc2c1)(COC(=O)COC(=O)[C@H](C)c1ccc2cc(C)ccc2c1)COC(=O)COC(=O)[C@H](C)c1ccc2cc(OC)ccc2c1. The first kappa shape index (κ1) is 49.9. The summed E-state index contributed by atoms with van der Waals surface area (Å²) < 4.78 is 43.1. The second-order valence-corrected chi connectivity index (χ2v) is 16.9. The van der Waals surface area contributed by atoms with Gasteiger partial charge in [0.1, 0.15) is 31.3 Å². The molecule has 0 N–H and O–H groups in total. The third kappa shape index (κ3) is 12.9. The van der Waals surface area contributed by atoms with E-state index in [4.69, 9.17) is 37.9 Å². The van der Waals surface area contributed by atoms with Gasteiger partial charge in [0.25, 0.3) is 0 Å². The van der Waals surface area contributed by atoms with Gasteiger partial charge in [-0.2, -0.15) is 0 Å². The lowest BCUT2D eigenvalue weighted by atomic mass is 9.88. The third-order valence-electron chi connectivity index (χ3n) is 12.1. The Bertz CT molecular complexity index is 2690. The fraction of sp³-hybridized carbons (Fsp3) is 0.333. The van der Waals surface area contributed by atoms with Crippen LogP contribution < -0.4 is 9.47 Å². The molecule has 0 saturated heterocycles. The molecule has 68 heavy (non-hydrogen) atoms. The summed E-state index contributed by atoms with van der Waals surface area (Å²) in [5.74, 6) is -5.41. The van der Waals surface area contributed by atoms with Crippen LogP contribution in [0.2, 0.25) is 0 Å². The van der Waals surface area contributed by atoms with Crippen LogP contribution in [0, 0.1) is 12.3 Å². The van der Waals surface area contributed by atoms with E-state index in [0.29, 0.717) is 28.2 Å². The Morgan fingerprint density at radius 1 is 0.426 bits per heavy atom. The van der Waals surface area contributed by atoms with Crippen LogP contribution >= 0.6 is 0 Å². The summed E-state index contributed by atoms with van der Waals surface area (Å²) in [6, 6.07) is 33.8. The molecule has 0 saturated carbocycles. The molecule has 6 rings (SSSR count). The zero-order valence-corrected chi connectivity index (χ0v) is 39.3. The molecule has 4 atom stereocenters. The smallest absolute Gasteiger partial charge is 0.344 e. The molecule has 0 aliphatic carbocycles. The highest BCUT2D eigenvalue weighted by Crippen LogP contribution is 2.29. The summed E-state index contributed by atoms with van der Waals surface area (Å²) in [6.07, 6.45) is 0.147. The third-order valence-corrected chi connectivity index (χ3v) is 12.1. The zero-order valence-electron chi connectivity index (χ0n) is 39.3. The van der Waals surface area contributed by atoms with Crippen LogP contribution in [0.3, 0.4) is 0 Å². The average molecular weight is 929 g/mol. The summed E-state index contributed by atoms with van der Waals surface area (Å²) in [5, 5.41) is 5.60. The van der Waals surface area contributed by atoms with Gasteiger partial charge in [-0.3, -0.25) is 14.4 Å². The van der Waals surface area contributed by atoms with Crippen molar-refractivity contribution in [2.45, 2.75) is 58.8 Å². The number of rotatable bonds is 21. The highest BCUT2D eigenvalue weighted by atomic mass is 16.6. The van der Waals surface area contributed by atoms with Crippen molar-refractivity contribution in [1.29, 1.82) is 0 Å². The van der Waals surface area contributed by atoms with Crippen molar-refractivity contribution in [3.63, 3.8) is 0 Å². The van der Waals surface area contributed by atoms with Gasteiger partial charge in [0.2, 0.25) is 0 Å². The summed E-state index contributed by atoms with van der Waals surface area (Å²) in [4.78, 5) is 78.3. The Balaban J connectivity index is 1.05. The lowest BCUT2D eigenvalue weighted by Gasteiger charge is -2.31. The van der Waals surface area contributed by atoms with Gasteiger partial charge in [-0.25, -0.2) is 14.4 Å². The maximum absolute atomic E-state index is 13.1. The number of hydrogen-bond donors (Lipinski definition) is 0. The van der Waals surface area contributed by atoms with Crippen LogP contribution in [0.15, 0.2) is 109 Å². The van der Waals surface area contributed by atoms with E-state index in [9.17, 15) is 28.8 Å². The molecule has 6 aromatic rings. The van der Waals surface area contributed by atoms with Crippen LogP contribution in [-0.4, -0.2) is 89.7 Å². The van der Waals surface area contributed by atoms with Crippen LogP contribution in [0.4, 0.5) is 0 Å². The van der Waals surface area contributed by atoms with Crippen molar-refractivity contribution >= 4 is 68.1 Å². The van der Waals surface area contributed by atoms with Crippen LogP contribution in [-0.2, 0) is 57.2 Å².